The molecular formula is C20H21N3O2. The zero-order valence-corrected chi connectivity index (χ0v) is 14.5. The van der Waals surface area contributed by atoms with E-state index >= 15 is 0 Å². The first kappa shape index (κ1) is 16.8. The first-order valence-electron chi connectivity index (χ1n) is 8.33. The molecule has 0 fully saturated rings. The number of aryl methyl sites for hydroxylation is 1. The van der Waals surface area contributed by atoms with Gasteiger partial charge in [0.15, 0.2) is 11.5 Å². The van der Waals surface area contributed by atoms with Gasteiger partial charge in [0.2, 0.25) is 0 Å². The van der Waals surface area contributed by atoms with Gasteiger partial charge < -0.3 is 14.0 Å². The van der Waals surface area contributed by atoms with Gasteiger partial charge in [0, 0.05) is 30.1 Å². The highest BCUT2D eigenvalue weighted by molar-refractivity contribution is 5.69. The summed E-state index contributed by atoms with van der Waals surface area (Å²) in [5.74, 6) is 1.48. The summed E-state index contributed by atoms with van der Waals surface area (Å²) in [6, 6.07) is 8.12. The molecule has 1 aliphatic rings. The van der Waals surface area contributed by atoms with E-state index in [2.05, 4.69) is 17.1 Å². The summed E-state index contributed by atoms with van der Waals surface area (Å²) in [5, 5.41) is 9.45. The number of imidazole rings is 1. The number of allylic oxidation sites excluding steroid dienone is 1. The van der Waals surface area contributed by atoms with E-state index in [1.54, 1.807) is 19.6 Å². The fourth-order valence-corrected chi connectivity index (χ4v) is 2.87. The number of para-hydroxylation sites is 1. The maximum atomic E-state index is 9.45. The van der Waals surface area contributed by atoms with E-state index in [0.717, 1.165) is 47.6 Å². The van der Waals surface area contributed by atoms with Crippen molar-refractivity contribution in [3.63, 3.8) is 0 Å². The summed E-state index contributed by atoms with van der Waals surface area (Å²) < 4.78 is 13.4. The number of hydrogen-bond donors (Lipinski definition) is 0. The van der Waals surface area contributed by atoms with Crippen LogP contribution in [0.25, 0.3) is 6.08 Å². The van der Waals surface area contributed by atoms with Crippen molar-refractivity contribution in [2.75, 3.05) is 7.11 Å². The minimum Gasteiger partial charge on any atom is -0.493 e. The lowest BCUT2D eigenvalue weighted by Crippen LogP contribution is -2.18. The van der Waals surface area contributed by atoms with E-state index in [-0.39, 0.29) is 6.10 Å². The van der Waals surface area contributed by atoms with Crippen molar-refractivity contribution >= 4 is 6.08 Å². The Labute approximate surface area is 147 Å². The fraction of sp³-hybridized carbons (Fsp3) is 0.300. The molecule has 0 amide bonds. The molecule has 0 aliphatic carbocycles. The first-order chi connectivity index (χ1) is 12.2. The third-order valence-electron chi connectivity index (χ3n) is 4.22. The van der Waals surface area contributed by atoms with Gasteiger partial charge in [-0.3, -0.25) is 0 Å². The van der Waals surface area contributed by atoms with Crippen molar-refractivity contribution in [3.8, 4) is 17.6 Å². The Balaban J connectivity index is 1.75. The number of ether oxygens (including phenoxy) is 2. The van der Waals surface area contributed by atoms with E-state index in [4.69, 9.17) is 9.47 Å². The molecule has 0 bridgehead atoms. The van der Waals surface area contributed by atoms with Crippen molar-refractivity contribution in [2.45, 2.75) is 32.4 Å². The largest absolute Gasteiger partial charge is 0.493 e. The van der Waals surface area contributed by atoms with Crippen molar-refractivity contribution in [1.29, 1.82) is 5.26 Å². The predicted molar refractivity (Wildman–Crippen MR) is 96.2 cm³/mol. The Hall–Kier alpha value is -3.00. The number of fused-ring (bicyclic) bond motifs is 1. The standard InChI is InChI=1S/C20H21N3O2/c1-15-18(12-17-6-3-7-19(24-2)20(17)25-15)11-16(13-21)5-4-9-23-10-8-22-14-23/h3,6-8,10-12,14-15H,4-5,9H2,1-2H3. The molecule has 1 aromatic heterocycles. The van der Waals surface area contributed by atoms with E-state index in [9.17, 15) is 5.26 Å². The van der Waals surface area contributed by atoms with Crippen LogP contribution in [0.3, 0.4) is 0 Å². The summed E-state index contributed by atoms with van der Waals surface area (Å²) >= 11 is 0. The van der Waals surface area contributed by atoms with Crippen LogP contribution in [0.4, 0.5) is 0 Å². The molecule has 128 valence electrons. The van der Waals surface area contributed by atoms with Gasteiger partial charge in [0.1, 0.15) is 6.10 Å². The molecule has 0 saturated carbocycles. The summed E-state index contributed by atoms with van der Waals surface area (Å²) in [7, 11) is 1.64. The van der Waals surface area contributed by atoms with E-state index < -0.39 is 0 Å². The maximum absolute atomic E-state index is 9.45. The lowest BCUT2D eigenvalue weighted by atomic mass is 9.99. The van der Waals surface area contributed by atoms with Crippen LogP contribution in [-0.2, 0) is 6.54 Å². The van der Waals surface area contributed by atoms with Gasteiger partial charge in [-0.15, -0.1) is 0 Å². The normalized spacial score (nSPS) is 16.4. The quantitative estimate of drug-likeness (QED) is 0.749. The number of rotatable bonds is 6. The third kappa shape index (κ3) is 3.92. The highest BCUT2D eigenvalue weighted by Gasteiger charge is 2.21. The average Bonchev–Trinajstić information content (AvgIpc) is 3.14. The molecule has 1 unspecified atom stereocenters. The molecule has 25 heavy (non-hydrogen) atoms. The Morgan fingerprint density at radius 3 is 3.08 bits per heavy atom. The second-order valence-corrected chi connectivity index (χ2v) is 5.97. The number of hydrogen-bond acceptors (Lipinski definition) is 4. The van der Waals surface area contributed by atoms with E-state index in [0.29, 0.717) is 0 Å². The summed E-state index contributed by atoms with van der Waals surface area (Å²) in [6.45, 7) is 2.84. The smallest absolute Gasteiger partial charge is 0.169 e. The maximum Gasteiger partial charge on any atom is 0.169 e. The molecular weight excluding hydrogens is 314 g/mol. The van der Waals surface area contributed by atoms with Crippen LogP contribution in [-0.4, -0.2) is 22.8 Å². The molecule has 0 radical (unpaired) electrons. The number of nitrogens with zero attached hydrogens (tertiary/aromatic N) is 3. The predicted octanol–water partition coefficient (Wildman–Crippen LogP) is 3.99. The second-order valence-electron chi connectivity index (χ2n) is 5.97. The molecule has 3 rings (SSSR count). The van der Waals surface area contributed by atoms with Crippen LogP contribution >= 0.6 is 0 Å². The SMILES string of the molecule is COc1cccc2c1OC(C)C(C=C(C#N)CCCn1ccnc1)=C2. The van der Waals surface area contributed by atoms with Crippen molar-refractivity contribution in [2.24, 2.45) is 0 Å². The van der Waals surface area contributed by atoms with Crippen molar-refractivity contribution < 1.29 is 9.47 Å². The van der Waals surface area contributed by atoms with Crippen LogP contribution in [0.1, 0.15) is 25.3 Å². The molecule has 0 spiro atoms. The number of nitriles is 1. The Morgan fingerprint density at radius 2 is 2.36 bits per heavy atom. The minimum absolute atomic E-state index is 0.124. The zero-order valence-electron chi connectivity index (χ0n) is 14.5. The van der Waals surface area contributed by atoms with Crippen LogP contribution in [0, 0.1) is 11.3 Å². The Morgan fingerprint density at radius 1 is 1.48 bits per heavy atom. The highest BCUT2D eigenvalue weighted by atomic mass is 16.5. The minimum atomic E-state index is -0.124. The van der Waals surface area contributed by atoms with Gasteiger partial charge in [-0.1, -0.05) is 12.1 Å². The molecule has 5 heteroatoms. The van der Waals surface area contributed by atoms with Crippen LogP contribution in [0.5, 0.6) is 11.5 Å². The molecule has 0 N–H and O–H groups in total. The summed E-state index contributed by atoms with van der Waals surface area (Å²) in [4.78, 5) is 4.03. The lowest BCUT2D eigenvalue weighted by Gasteiger charge is -2.24. The molecule has 1 aliphatic heterocycles. The zero-order chi connectivity index (χ0) is 17.6. The van der Waals surface area contributed by atoms with Gasteiger partial charge in [0.05, 0.1) is 19.5 Å². The van der Waals surface area contributed by atoms with Gasteiger partial charge in [-0.25, -0.2) is 4.98 Å². The van der Waals surface area contributed by atoms with Crippen molar-refractivity contribution in [1.82, 2.24) is 9.55 Å². The summed E-state index contributed by atoms with van der Waals surface area (Å²) in [5.41, 5.74) is 2.73. The Bertz CT molecular complexity index is 829. The summed E-state index contributed by atoms with van der Waals surface area (Å²) in [6.07, 6.45) is 11.0. The van der Waals surface area contributed by atoms with E-state index in [1.165, 1.54) is 0 Å². The molecule has 1 atom stereocenters. The van der Waals surface area contributed by atoms with Crippen molar-refractivity contribution in [3.05, 3.63) is 59.7 Å². The first-order valence-corrected chi connectivity index (χ1v) is 8.33. The number of aromatic nitrogens is 2. The van der Waals surface area contributed by atoms with Gasteiger partial charge in [-0.05, 0) is 43.6 Å². The van der Waals surface area contributed by atoms with Crippen LogP contribution in [0.2, 0.25) is 0 Å². The van der Waals surface area contributed by atoms with Crippen LogP contribution in [0.15, 0.2) is 54.1 Å². The fourth-order valence-electron chi connectivity index (χ4n) is 2.87. The van der Waals surface area contributed by atoms with Gasteiger partial charge >= 0.3 is 0 Å². The second kappa shape index (κ2) is 7.71. The average molecular weight is 335 g/mol. The molecule has 0 saturated heterocycles. The lowest BCUT2D eigenvalue weighted by molar-refractivity contribution is 0.243. The van der Waals surface area contributed by atoms with E-state index in [1.807, 2.05) is 42.0 Å². The monoisotopic (exact) mass is 335 g/mol. The van der Waals surface area contributed by atoms with Crippen LogP contribution < -0.4 is 9.47 Å². The molecule has 2 heterocycles. The van der Waals surface area contributed by atoms with Gasteiger partial charge in [0.25, 0.3) is 0 Å². The molecule has 1 aromatic carbocycles. The van der Waals surface area contributed by atoms with Gasteiger partial charge in [-0.2, -0.15) is 5.26 Å². The molecule has 5 nitrogen and oxygen atoms in total. The number of methoxy groups -OCH3 is 1. The number of benzene rings is 1. The third-order valence-corrected chi connectivity index (χ3v) is 4.22. The Kier molecular flexibility index (Phi) is 5.20. The topological polar surface area (TPSA) is 60.1 Å². The molecule has 2 aromatic rings. The highest BCUT2D eigenvalue weighted by Crippen LogP contribution is 2.38.